The van der Waals surface area contributed by atoms with Crippen LogP contribution >= 0.6 is 11.6 Å². The molecule has 0 spiro atoms. The summed E-state index contributed by atoms with van der Waals surface area (Å²) in [5.41, 5.74) is 7.51. The number of amides is 3. The molecule has 4 N–H and O–H groups in total. The minimum absolute atomic E-state index is 0.219. The Morgan fingerprint density at radius 1 is 1.02 bits per heavy atom. The molecule has 0 fully saturated rings. The Kier molecular flexibility index (Phi) is 10.1. The lowest BCUT2D eigenvalue weighted by molar-refractivity contribution is -0.152. The Balaban J connectivity index is 2.04. The fourth-order valence-electron chi connectivity index (χ4n) is 4.59. The summed E-state index contributed by atoms with van der Waals surface area (Å²) >= 11 is 6.16. The average Bonchev–Trinajstić information content (AvgIpc) is 3.00. The molecule has 14 heteroatoms. The molecule has 3 amide bonds. The molecular formula is C27H27ClF6N4O3. The van der Waals surface area contributed by atoms with Gasteiger partial charge in [-0.1, -0.05) is 48.9 Å². The highest BCUT2D eigenvalue weighted by atomic mass is 35.5. The maximum Gasteiger partial charge on any atom is 0.389 e. The van der Waals surface area contributed by atoms with Crippen LogP contribution in [0.5, 0.6) is 0 Å². The number of carbonyl (C=O) groups excluding carboxylic acids is 3. The van der Waals surface area contributed by atoms with Gasteiger partial charge in [-0.3, -0.25) is 14.4 Å². The normalized spacial score (nSPS) is 17.0. The van der Waals surface area contributed by atoms with E-state index in [-0.39, 0.29) is 5.71 Å². The molecule has 3 unspecified atom stereocenters. The molecule has 3 rings (SSSR count). The van der Waals surface area contributed by atoms with Gasteiger partial charge in [0, 0.05) is 40.8 Å². The van der Waals surface area contributed by atoms with Gasteiger partial charge in [-0.15, -0.1) is 0 Å². The van der Waals surface area contributed by atoms with Gasteiger partial charge >= 0.3 is 12.4 Å². The first-order valence-electron chi connectivity index (χ1n) is 12.6. The number of fused-ring (bicyclic) bond motifs is 1. The van der Waals surface area contributed by atoms with Gasteiger partial charge < -0.3 is 16.4 Å². The van der Waals surface area contributed by atoms with Crippen molar-refractivity contribution in [3.8, 4) is 0 Å². The number of halogens is 7. The van der Waals surface area contributed by atoms with E-state index in [0.717, 1.165) is 5.56 Å². The summed E-state index contributed by atoms with van der Waals surface area (Å²) in [7, 11) is 0. The maximum absolute atomic E-state index is 13.3. The zero-order chi connectivity index (χ0) is 30.5. The van der Waals surface area contributed by atoms with E-state index in [1.807, 2.05) is 6.92 Å². The molecule has 0 aromatic heterocycles. The van der Waals surface area contributed by atoms with Crippen LogP contribution < -0.4 is 16.4 Å². The lowest BCUT2D eigenvalue weighted by atomic mass is 9.83. The highest BCUT2D eigenvalue weighted by molar-refractivity contribution is 6.31. The second-order valence-corrected chi connectivity index (χ2v) is 9.94. The molecule has 1 aliphatic rings. The molecule has 1 heterocycles. The van der Waals surface area contributed by atoms with Crippen LogP contribution in [-0.4, -0.2) is 42.0 Å². The molecule has 41 heavy (non-hydrogen) atoms. The Morgan fingerprint density at radius 2 is 1.63 bits per heavy atom. The van der Waals surface area contributed by atoms with Crippen LogP contribution in [0.25, 0.3) is 0 Å². The van der Waals surface area contributed by atoms with E-state index in [1.165, 1.54) is 0 Å². The highest BCUT2D eigenvalue weighted by Gasteiger charge is 2.40. The van der Waals surface area contributed by atoms with Crippen LogP contribution in [0.1, 0.15) is 49.3 Å². The number of anilines is 1. The number of benzodiazepines with no additional fused rings is 1. The molecule has 222 valence electrons. The third-order valence-corrected chi connectivity index (χ3v) is 6.82. The number of benzene rings is 2. The number of nitrogens with two attached hydrogens (primary N) is 1. The first-order chi connectivity index (χ1) is 19.1. The van der Waals surface area contributed by atoms with E-state index in [4.69, 9.17) is 17.3 Å². The number of nitrogens with zero attached hydrogens (tertiary/aromatic N) is 1. The number of carbonyl (C=O) groups is 3. The van der Waals surface area contributed by atoms with Crippen LogP contribution in [0, 0.1) is 11.8 Å². The monoisotopic (exact) mass is 604 g/mol. The van der Waals surface area contributed by atoms with Crippen LogP contribution in [0.15, 0.2) is 47.5 Å². The number of primary amides is 1. The lowest BCUT2D eigenvalue weighted by Gasteiger charge is -2.26. The Hall–Kier alpha value is -3.61. The number of hydrogen-bond acceptors (Lipinski definition) is 4. The molecule has 1 aliphatic heterocycles. The van der Waals surface area contributed by atoms with E-state index in [0.29, 0.717) is 28.3 Å². The quantitative estimate of drug-likeness (QED) is 0.310. The Bertz CT molecular complexity index is 1330. The summed E-state index contributed by atoms with van der Waals surface area (Å²) in [6, 6.07) is 11.6. The minimum Gasteiger partial charge on any atom is -0.369 e. The van der Waals surface area contributed by atoms with Crippen LogP contribution in [-0.2, 0) is 20.8 Å². The summed E-state index contributed by atoms with van der Waals surface area (Å²) < 4.78 is 77.9. The summed E-state index contributed by atoms with van der Waals surface area (Å²) in [5, 5.41) is 5.26. The van der Waals surface area contributed by atoms with Crippen molar-refractivity contribution in [3.05, 3.63) is 64.2 Å². The van der Waals surface area contributed by atoms with Crippen molar-refractivity contribution in [3.63, 3.8) is 0 Å². The van der Waals surface area contributed by atoms with E-state index in [2.05, 4.69) is 15.6 Å². The predicted octanol–water partition coefficient (Wildman–Crippen LogP) is 5.54. The summed E-state index contributed by atoms with van der Waals surface area (Å²) in [5.74, 6) is -7.28. The van der Waals surface area contributed by atoms with Crippen molar-refractivity contribution >= 4 is 40.7 Å². The first kappa shape index (κ1) is 31.9. The zero-order valence-corrected chi connectivity index (χ0v) is 22.5. The highest BCUT2D eigenvalue weighted by Crippen LogP contribution is 2.33. The molecular weight excluding hydrogens is 578 g/mol. The van der Waals surface area contributed by atoms with Gasteiger partial charge in [-0.2, -0.15) is 26.3 Å². The van der Waals surface area contributed by atoms with Crippen LogP contribution in [0.4, 0.5) is 32.0 Å². The SMILES string of the molecule is CCc1cccc2c1NC(=O)C(NC(=O)C(CCC(F)(F)F)C(CCC(F)(F)F)C(N)=O)N=C2c1cccc(Cl)c1. The molecule has 7 nitrogen and oxygen atoms in total. The fourth-order valence-corrected chi connectivity index (χ4v) is 4.78. The Labute approximate surface area is 236 Å². The zero-order valence-electron chi connectivity index (χ0n) is 21.7. The first-order valence-corrected chi connectivity index (χ1v) is 13.0. The number of aliphatic imine (C=N–C) groups is 1. The lowest BCUT2D eigenvalue weighted by Crippen LogP contribution is -2.48. The smallest absolute Gasteiger partial charge is 0.369 e. The number of para-hydroxylation sites is 1. The molecule has 2 aromatic rings. The third kappa shape index (κ3) is 8.69. The largest absolute Gasteiger partial charge is 0.389 e. The summed E-state index contributed by atoms with van der Waals surface area (Å²) in [4.78, 5) is 43.0. The van der Waals surface area contributed by atoms with Crippen molar-refractivity contribution < 1.29 is 40.7 Å². The summed E-state index contributed by atoms with van der Waals surface area (Å²) in [6.45, 7) is 1.85. The van der Waals surface area contributed by atoms with Gasteiger partial charge in [0.2, 0.25) is 18.0 Å². The van der Waals surface area contributed by atoms with Crippen molar-refractivity contribution in [1.29, 1.82) is 0 Å². The number of hydrogen-bond donors (Lipinski definition) is 3. The number of alkyl halides is 6. The molecule has 0 aliphatic carbocycles. The second-order valence-electron chi connectivity index (χ2n) is 9.50. The number of aryl methyl sites for hydroxylation is 1. The molecule has 0 saturated carbocycles. The molecule has 3 atom stereocenters. The predicted molar refractivity (Wildman–Crippen MR) is 140 cm³/mol. The van der Waals surface area contributed by atoms with Gasteiger partial charge in [-0.25, -0.2) is 4.99 Å². The maximum atomic E-state index is 13.3. The third-order valence-electron chi connectivity index (χ3n) is 6.58. The molecule has 0 radical (unpaired) electrons. The number of rotatable bonds is 10. The Morgan fingerprint density at radius 3 is 2.20 bits per heavy atom. The van der Waals surface area contributed by atoms with E-state index in [9.17, 15) is 40.7 Å². The topological polar surface area (TPSA) is 114 Å². The van der Waals surface area contributed by atoms with Crippen molar-refractivity contribution in [2.45, 2.75) is 57.5 Å². The average molecular weight is 605 g/mol. The van der Waals surface area contributed by atoms with Crippen LogP contribution in [0.2, 0.25) is 5.02 Å². The van der Waals surface area contributed by atoms with Gasteiger partial charge in [0.1, 0.15) is 0 Å². The van der Waals surface area contributed by atoms with Crippen molar-refractivity contribution in [2.24, 2.45) is 22.6 Å². The van der Waals surface area contributed by atoms with Gasteiger partial charge in [0.05, 0.1) is 11.4 Å². The fraction of sp³-hybridized carbons (Fsp3) is 0.407. The van der Waals surface area contributed by atoms with Crippen molar-refractivity contribution in [1.82, 2.24) is 5.32 Å². The van der Waals surface area contributed by atoms with Crippen LogP contribution in [0.3, 0.4) is 0 Å². The number of nitrogens with one attached hydrogen (secondary N) is 2. The van der Waals surface area contributed by atoms with E-state index < -0.39 is 73.8 Å². The van der Waals surface area contributed by atoms with Gasteiger partial charge in [-0.05, 0) is 37.0 Å². The van der Waals surface area contributed by atoms with Gasteiger partial charge in [0.15, 0.2) is 0 Å². The van der Waals surface area contributed by atoms with Gasteiger partial charge in [0.25, 0.3) is 5.91 Å². The molecule has 0 bridgehead atoms. The summed E-state index contributed by atoms with van der Waals surface area (Å²) in [6.07, 6.45) is -15.9. The molecule has 0 saturated heterocycles. The minimum atomic E-state index is -4.78. The van der Waals surface area contributed by atoms with E-state index >= 15 is 0 Å². The van der Waals surface area contributed by atoms with E-state index in [1.54, 1.807) is 42.5 Å². The molecule has 2 aromatic carbocycles. The van der Waals surface area contributed by atoms with Crippen molar-refractivity contribution in [2.75, 3.05) is 5.32 Å². The second kappa shape index (κ2) is 12.9. The standard InChI is InChI=1S/C27H27ClF6N4O3/c1-2-14-5-4-8-19-20(14)37-25(41)23(36-21(19)15-6-3-7-16(28)13-15)38-24(40)18(10-12-27(32,33)34)17(22(35)39)9-11-26(29,30)31/h3-8,13,17-18,23H,2,9-12H2,1H3,(H2,35,39)(H,37,41)(H,38,40).